The number of hydrogen-bond acceptors (Lipinski definition) is 4. The highest BCUT2D eigenvalue weighted by molar-refractivity contribution is 7.99. The third kappa shape index (κ3) is 2.16. The summed E-state index contributed by atoms with van der Waals surface area (Å²) >= 11 is 1.81. The lowest BCUT2D eigenvalue weighted by molar-refractivity contribution is 0.977. The van der Waals surface area contributed by atoms with Crippen LogP contribution >= 0.6 is 11.8 Å². The van der Waals surface area contributed by atoms with Crippen LogP contribution in [-0.2, 0) is 0 Å². The molecule has 0 bridgehead atoms. The second-order valence-electron chi connectivity index (χ2n) is 4.82. The third-order valence-electron chi connectivity index (χ3n) is 3.44. The summed E-state index contributed by atoms with van der Waals surface area (Å²) in [6.07, 6.45) is 1.68. The first-order chi connectivity index (χ1) is 9.72. The van der Waals surface area contributed by atoms with Gasteiger partial charge in [-0.15, -0.1) is 0 Å². The van der Waals surface area contributed by atoms with Gasteiger partial charge in [0.2, 0.25) is 0 Å². The van der Waals surface area contributed by atoms with Crippen LogP contribution in [0.4, 0.5) is 11.4 Å². The maximum absolute atomic E-state index is 5.24. The second kappa shape index (κ2) is 5.21. The van der Waals surface area contributed by atoms with E-state index in [2.05, 4.69) is 60.2 Å². The minimum Gasteiger partial charge on any atom is -0.340 e. The van der Waals surface area contributed by atoms with Gasteiger partial charge < -0.3 is 10.7 Å². The minimum atomic E-state index is 0.953. The largest absolute Gasteiger partial charge is 0.340 e. The van der Waals surface area contributed by atoms with Crippen LogP contribution in [0.5, 0.6) is 0 Å². The summed E-state index contributed by atoms with van der Waals surface area (Å²) in [5.41, 5.74) is 4.87. The van der Waals surface area contributed by atoms with Gasteiger partial charge in [-0.3, -0.25) is 0 Å². The zero-order valence-electron chi connectivity index (χ0n) is 11.6. The van der Waals surface area contributed by atoms with Crippen LogP contribution in [0.25, 0.3) is 0 Å². The summed E-state index contributed by atoms with van der Waals surface area (Å²) in [6.45, 7) is 5.27. The first-order valence-electron chi connectivity index (χ1n) is 6.66. The van der Waals surface area contributed by atoms with Crippen LogP contribution in [0.1, 0.15) is 18.1 Å². The summed E-state index contributed by atoms with van der Waals surface area (Å²) in [7, 11) is 0. The maximum atomic E-state index is 5.24. The first-order valence-corrected chi connectivity index (χ1v) is 7.48. The van der Waals surface area contributed by atoms with E-state index < -0.39 is 0 Å². The molecule has 0 aromatic heterocycles. The number of nitrogens with zero attached hydrogens (tertiary/aromatic N) is 2. The van der Waals surface area contributed by atoms with Gasteiger partial charge in [0.1, 0.15) is 0 Å². The standard InChI is InChI=1S/C16H17N3S/c1-3-19-13-6-5-12(10-18-17)9-16(13)20-15-7-4-11(2)8-14(15)19/h4-10H,3,17H2,1-2H3/b18-10+. The van der Waals surface area contributed by atoms with Gasteiger partial charge in [-0.25, -0.2) is 0 Å². The molecule has 3 rings (SSSR count). The van der Waals surface area contributed by atoms with Crippen LogP contribution < -0.4 is 10.7 Å². The highest BCUT2D eigenvalue weighted by atomic mass is 32.2. The van der Waals surface area contributed by atoms with Gasteiger partial charge in [0.15, 0.2) is 0 Å². The lowest BCUT2D eigenvalue weighted by Crippen LogP contribution is -2.20. The Balaban J connectivity index is 2.12. The fourth-order valence-electron chi connectivity index (χ4n) is 2.52. The molecule has 2 N–H and O–H groups in total. The van der Waals surface area contributed by atoms with Crippen molar-refractivity contribution in [3.05, 3.63) is 47.5 Å². The van der Waals surface area contributed by atoms with Gasteiger partial charge in [-0.2, -0.15) is 5.10 Å². The summed E-state index contributed by atoms with van der Waals surface area (Å²) in [5, 5.41) is 3.60. The number of aryl methyl sites for hydroxylation is 1. The number of nitrogens with two attached hydrogens (primary N) is 1. The van der Waals surface area contributed by atoms with Crippen molar-refractivity contribution in [1.29, 1.82) is 0 Å². The van der Waals surface area contributed by atoms with Gasteiger partial charge >= 0.3 is 0 Å². The summed E-state index contributed by atoms with van der Waals surface area (Å²) in [4.78, 5) is 4.91. The lowest BCUT2D eigenvalue weighted by Gasteiger charge is -2.32. The third-order valence-corrected chi connectivity index (χ3v) is 4.55. The Morgan fingerprint density at radius 3 is 2.75 bits per heavy atom. The molecule has 1 aliphatic rings. The summed E-state index contributed by atoms with van der Waals surface area (Å²) < 4.78 is 0. The SMILES string of the molecule is CCN1c2ccc(/C=N/N)cc2Sc2ccc(C)cc21. The zero-order valence-corrected chi connectivity index (χ0v) is 12.4. The molecule has 0 saturated heterocycles. The molecule has 0 unspecified atom stereocenters. The molecule has 2 aromatic carbocycles. The molecule has 0 radical (unpaired) electrons. The van der Waals surface area contributed by atoms with E-state index in [0.717, 1.165) is 12.1 Å². The van der Waals surface area contributed by atoms with Gasteiger partial charge in [0.25, 0.3) is 0 Å². The molecule has 1 heterocycles. The Labute approximate surface area is 123 Å². The van der Waals surface area contributed by atoms with E-state index in [0.29, 0.717) is 0 Å². The van der Waals surface area contributed by atoms with Crippen LogP contribution in [0.3, 0.4) is 0 Å². The van der Waals surface area contributed by atoms with Gasteiger partial charge in [-0.1, -0.05) is 23.9 Å². The fraction of sp³-hybridized carbons (Fsp3) is 0.188. The van der Waals surface area contributed by atoms with E-state index in [-0.39, 0.29) is 0 Å². The smallest absolute Gasteiger partial charge is 0.0555 e. The van der Waals surface area contributed by atoms with Crippen molar-refractivity contribution in [3.63, 3.8) is 0 Å². The molecule has 0 aliphatic carbocycles. The van der Waals surface area contributed by atoms with Crippen LogP contribution in [0, 0.1) is 6.92 Å². The van der Waals surface area contributed by atoms with E-state index in [9.17, 15) is 0 Å². The molecule has 1 aliphatic heterocycles. The summed E-state index contributed by atoms with van der Waals surface area (Å²) in [5.74, 6) is 5.24. The predicted molar refractivity (Wildman–Crippen MR) is 86.2 cm³/mol. The number of anilines is 2. The maximum Gasteiger partial charge on any atom is 0.0555 e. The number of benzene rings is 2. The van der Waals surface area contributed by atoms with Crippen LogP contribution in [0.15, 0.2) is 51.3 Å². The molecular formula is C16H17N3S. The predicted octanol–water partition coefficient (Wildman–Crippen LogP) is 3.91. The second-order valence-corrected chi connectivity index (χ2v) is 5.91. The van der Waals surface area contributed by atoms with Crippen LogP contribution in [-0.4, -0.2) is 12.8 Å². The quantitative estimate of drug-likeness (QED) is 0.516. The highest BCUT2D eigenvalue weighted by Gasteiger charge is 2.22. The molecular weight excluding hydrogens is 266 g/mol. The molecule has 0 fully saturated rings. The zero-order chi connectivity index (χ0) is 14.1. The molecule has 0 spiro atoms. The van der Waals surface area contributed by atoms with E-state index in [1.165, 1.54) is 26.7 Å². The fourth-order valence-corrected chi connectivity index (χ4v) is 3.64. The molecule has 2 aromatic rings. The van der Waals surface area contributed by atoms with Crippen LogP contribution in [0.2, 0.25) is 0 Å². The molecule has 102 valence electrons. The van der Waals surface area contributed by atoms with Crippen molar-refractivity contribution in [2.45, 2.75) is 23.6 Å². The van der Waals surface area contributed by atoms with E-state index >= 15 is 0 Å². The average molecular weight is 283 g/mol. The molecule has 4 heteroatoms. The van der Waals surface area contributed by atoms with Crippen molar-refractivity contribution in [2.75, 3.05) is 11.4 Å². The Bertz CT molecular complexity index is 679. The van der Waals surface area contributed by atoms with Gasteiger partial charge in [0.05, 0.1) is 17.6 Å². The Hall–Kier alpha value is -1.94. The van der Waals surface area contributed by atoms with Gasteiger partial charge in [-0.05, 0) is 49.2 Å². The number of hydrazone groups is 1. The van der Waals surface area contributed by atoms with E-state index in [1.54, 1.807) is 18.0 Å². The van der Waals surface area contributed by atoms with Crippen molar-refractivity contribution < 1.29 is 0 Å². The molecule has 20 heavy (non-hydrogen) atoms. The van der Waals surface area contributed by atoms with E-state index in [4.69, 9.17) is 5.84 Å². The Kier molecular flexibility index (Phi) is 3.40. The van der Waals surface area contributed by atoms with Crippen molar-refractivity contribution in [2.24, 2.45) is 10.9 Å². The molecule has 0 amide bonds. The normalized spacial score (nSPS) is 13.4. The van der Waals surface area contributed by atoms with E-state index in [1.807, 2.05) is 0 Å². The minimum absolute atomic E-state index is 0.953. The molecule has 3 nitrogen and oxygen atoms in total. The van der Waals surface area contributed by atoms with Crippen molar-refractivity contribution >= 4 is 29.4 Å². The monoisotopic (exact) mass is 283 g/mol. The lowest BCUT2D eigenvalue weighted by atomic mass is 10.1. The Morgan fingerprint density at radius 2 is 2.00 bits per heavy atom. The van der Waals surface area contributed by atoms with Crippen molar-refractivity contribution in [1.82, 2.24) is 0 Å². The van der Waals surface area contributed by atoms with Gasteiger partial charge in [0, 0.05) is 16.3 Å². The summed E-state index contributed by atoms with van der Waals surface area (Å²) in [6, 6.07) is 13.0. The average Bonchev–Trinajstić information content (AvgIpc) is 2.45. The highest BCUT2D eigenvalue weighted by Crippen LogP contribution is 2.48. The molecule has 0 atom stereocenters. The molecule has 0 saturated carbocycles. The number of fused-ring (bicyclic) bond motifs is 2. The number of hydrogen-bond donors (Lipinski definition) is 1. The Morgan fingerprint density at radius 1 is 1.15 bits per heavy atom. The number of rotatable bonds is 2. The van der Waals surface area contributed by atoms with Crippen molar-refractivity contribution in [3.8, 4) is 0 Å². The first kappa shape index (κ1) is 13.1. The topological polar surface area (TPSA) is 41.6 Å².